The van der Waals surface area contributed by atoms with E-state index in [-0.39, 0.29) is 17.8 Å². The zero-order valence-corrected chi connectivity index (χ0v) is 11.6. The van der Waals surface area contributed by atoms with Crippen molar-refractivity contribution in [3.05, 3.63) is 29.3 Å². The van der Waals surface area contributed by atoms with Crippen molar-refractivity contribution in [1.29, 1.82) is 0 Å². The average molecular weight is 247 g/mol. The second kappa shape index (κ2) is 5.11. The summed E-state index contributed by atoms with van der Waals surface area (Å²) in [6.45, 7) is 4.89. The summed E-state index contributed by atoms with van der Waals surface area (Å²) in [7, 11) is 4.04. The molecule has 0 fully saturated rings. The van der Waals surface area contributed by atoms with Crippen LogP contribution in [-0.2, 0) is 6.42 Å². The third-order valence-electron chi connectivity index (χ3n) is 3.28. The van der Waals surface area contributed by atoms with Gasteiger partial charge in [-0.1, -0.05) is 13.0 Å². The fourth-order valence-electron chi connectivity index (χ4n) is 2.51. The minimum absolute atomic E-state index is 0.118. The van der Waals surface area contributed by atoms with E-state index >= 15 is 0 Å². The van der Waals surface area contributed by atoms with Gasteiger partial charge >= 0.3 is 0 Å². The minimum Gasteiger partial charge on any atom is -0.489 e. The van der Waals surface area contributed by atoms with Gasteiger partial charge < -0.3 is 9.64 Å². The number of nitrogens with zero attached hydrogens (tertiary/aromatic N) is 1. The Morgan fingerprint density at radius 3 is 2.83 bits per heavy atom. The van der Waals surface area contributed by atoms with Crippen LogP contribution in [0.25, 0.3) is 0 Å². The first kappa shape index (κ1) is 13.1. The lowest BCUT2D eigenvalue weighted by Crippen LogP contribution is -2.28. The minimum atomic E-state index is 0.118. The smallest absolute Gasteiger partial charge is 0.166 e. The Kier molecular flexibility index (Phi) is 3.71. The van der Waals surface area contributed by atoms with E-state index in [1.807, 2.05) is 46.1 Å². The average Bonchev–Trinajstić information content (AvgIpc) is 2.54. The summed E-state index contributed by atoms with van der Waals surface area (Å²) < 4.78 is 5.84. The number of rotatable bonds is 4. The highest BCUT2D eigenvalue weighted by Gasteiger charge is 2.27. The molecule has 0 aliphatic heterocycles. The van der Waals surface area contributed by atoms with Gasteiger partial charge in [0.2, 0.25) is 0 Å². The maximum atomic E-state index is 11.9. The van der Waals surface area contributed by atoms with Crippen molar-refractivity contribution in [3.8, 4) is 5.75 Å². The number of carbonyl (C=O) groups excluding carboxylic acids is 1. The van der Waals surface area contributed by atoms with Crippen molar-refractivity contribution in [1.82, 2.24) is 4.90 Å². The number of Topliss-reactive ketones (excluding diaryl/α,β-unsaturated/α-hetero) is 1. The lowest BCUT2D eigenvalue weighted by Gasteiger charge is -2.19. The summed E-state index contributed by atoms with van der Waals surface area (Å²) in [5.74, 6) is 1.16. The van der Waals surface area contributed by atoms with Gasteiger partial charge in [0, 0.05) is 18.0 Å². The first-order valence-corrected chi connectivity index (χ1v) is 6.46. The first-order chi connectivity index (χ1) is 8.47. The van der Waals surface area contributed by atoms with Crippen LogP contribution in [0.4, 0.5) is 0 Å². The van der Waals surface area contributed by atoms with Crippen LogP contribution >= 0.6 is 0 Å². The molecule has 0 spiro atoms. The van der Waals surface area contributed by atoms with Gasteiger partial charge in [-0.3, -0.25) is 4.79 Å². The highest BCUT2D eigenvalue weighted by Crippen LogP contribution is 2.29. The van der Waals surface area contributed by atoms with Gasteiger partial charge in [0.15, 0.2) is 5.78 Å². The van der Waals surface area contributed by atoms with E-state index in [1.54, 1.807) is 0 Å². The lowest BCUT2D eigenvalue weighted by molar-refractivity contribution is 0.0945. The molecule has 0 bridgehead atoms. The van der Waals surface area contributed by atoms with Crippen LogP contribution < -0.4 is 4.74 Å². The van der Waals surface area contributed by atoms with Gasteiger partial charge in [-0.05, 0) is 45.1 Å². The number of hydrogen-bond donors (Lipinski definition) is 0. The number of carbonyl (C=O) groups is 1. The highest BCUT2D eigenvalue weighted by atomic mass is 16.5. The van der Waals surface area contributed by atoms with Crippen LogP contribution in [0.2, 0.25) is 0 Å². The molecule has 0 N–H and O–H groups in total. The van der Waals surface area contributed by atoms with Crippen LogP contribution in [0.15, 0.2) is 18.2 Å². The molecule has 1 aromatic rings. The number of likely N-dealkylation sites (N-methyl/N-ethyl adjacent to an activating group) is 1. The lowest BCUT2D eigenvalue weighted by atomic mass is 10.1. The molecule has 98 valence electrons. The fourth-order valence-corrected chi connectivity index (χ4v) is 2.51. The van der Waals surface area contributed by atoms with Crippen molar-refractivity contribution < 1.29 is 9.53 Å². The van der Waals surface area contributed by atoms with E-state index in [9.17, 15) is 4.79 Å². The number of ketones is 1. The summed E-state index contributed by atoms with van der Waals surface area (Å²) in [6, 6.07) is 5.89. The van der Waals surface area contributed by atoms with E-state index in [4.69, 9.17) is 4.74 Å². The SMILES string of the molecule is CC(CN(C)C)Oc1ccc2c(c1)C(=O)C(C)C2. The van der Waals surface area contributed by atoms with Gasteiger partial charge in [-0.2, -0.15) is 0 Å². The molecule has 1 aliphatic rings. The Hall–Kier alpha value is -1.35. The molecule has 3 nitrogen and oxygen atoms in total. The van der Waals surface area contributed by atoms with Crippen molar-refractivity contribution in [3.63, 3.8) is 0 Å². The van der Waals surface area contributed by atoms with E-state index in [2.05, 4.69) is 4.90 Å². The summed E-state index contributed by atoms with van der Waals surface area (Å²) in [5, 5.41) is 0. The molecule has 2 rings (SSSR count). The Morgan fingerprint density at radius 2 is 2.17 bits per heavy atom. The van der Waals surface area contributed by atoms with Crippen LogP contribution in [0.1, 0.15) is 29.8 Å². The molecule has 18 heavy (non-hydrogen) atoms. The largest absolute Gasteiger partial charge is 0.489 e. The topological polar surface area (TPSA) is 29.5 Å². The molecule has 0 radical (unpaired) electrons. The zero-order valence-electron chi connectivity index (χ0n) is 11.6. The van der Waals surface area contributed by atoms with E-state index in [0.29, 0.717) is 0 Å². The van der Waals surface area contributed by atoms with E-state index in [0.717, 1.165) is 29.8 Å². The third-order valence-corrected chi connectivity index (χ3v) is 3.28. The third kappa shape index (κ3) is 2.72. The summed E-state index contributed by atoms with van der Waals surface area (Å²) in [5.41, 5.74) is 2.00. The number of fused-ring (bicyclic) bond motifs is 1. The number of ether oxygens (including phenoxy) is 1. The predicted molar refractivity (Wildman–Crippen MR) is 72.3 cm³/mol. The predicted octanol–water partition coefficient (Wildman–Crippen LogP) is 2.39. The Bertz CT molecular complexity index is 454. The normalized spacial score (nSPS) is 20.1. The zero-order chi connectivity index (χ0) is 13.3. The maximum Gasteiger partial charge on any atom is 0.166 e. The molecule has 0 saturated carbocycles. The second-order valence-corrected chi connectivity index (χ2v) is 5.48. The molecule has 2 unspecified atom stereocenters. The summed E-state index contributed by atoms with van der Waals surface area (Å²) in [4.78, 5) is 14.0. The van der Waals surface area contributed by atoms with Crippen molar-refractivity contribution in [2.24, 2.45) is 5.92 Å². The van der Waals surface area contributed by atoms with Gasteiger partial charge in [-0.25, -0.2) is 0 Å². The second-order valence-electron chi connectivity index (χ2n) is 5.48. The molecule has 2 atom stereocenters. The van der Waals surface area contributed by atoms with E-state index in [1.165, 1.54) is 0 Å². The Balaban J connectivity index is 2.11. The van der Waals surface area contributed by atoms with Crippen LogP contribution in [0.3, 0.4) is 0 Å². The quantitative estimate of drug-likeness (QED) is 0.818. The Labute approximate surface area is 109 Å². The molecule has 1 aliphatic carbocycles. The summed E-state index contributed by atoms with van der Waals surface area (Å²) >= 11 is 0. The number of benzene rings is 1. The summed E-state index contributed by atoms with van der Waals surface area (Å²) in [6.07, 6.45) is 0.980. The van der Waals surface area contributed by atoms with Crippen LogP contribution in [0, 0.1) is 5.92 Å². The standard InChI is InChI=1S/C15H21NO2/c1-10-7-12-5-6-13(8-14(12)15(10)17)18-11(2)9-16(3)4/h5-6,8,10-11H,7,9H2,1-4H3. The molecule has 0 aromatic heterocycles. The fraction of sp³-hybridized carbons (Fsp3) is 0.533. The highest BCUT2D eigenvalue weighted by molar-refractivity contribution is 6.02. The van der Waals surface area contributed by atoms with Gasteiger partial charge in [-0.15, -0.1) is 0 Å². The molecule has 1 aromatic carbocycles. The van der Waals surface area contributed by atoms with Crippen molar-refractivity contribution >= 4 is 5.78 Å². The van der Waals surface area contributed by atoms with Gasteiger partial charge in [0.25, 0.3) is 0 Å². The van der Waals surface area contributed by atoms with Gasteiger partial charge in [0.05, 0.1) is 0 Å². The van der Waals surface area contributed by atoms with Crippen molar-refractivity contribution in [2.75, 3.05) is 20.6 Å². The Morgan fingerprint density at radius 1 is 1.44 bits per heavy atom. The van der Waals surface area contributed by atoms with Crippen molar-refractivity contribution in [2.45, 2.75) is 26.4 Å². The first-order valence-electron chi connectivity index (χ1n) is 6.46. The van der Waals surface area contributed by atoms with Gasteiger partial charge in [0.1, 0.15) is 11.9 Å². The van der Waals surface area contributed by atoms with Crippen LogP contribution in [-0.4, -0.2) is 37.4 Å². The molecular weight excluding hydrogens is 226 g/mol. The molecule has 0 saturated heterocycles. The maximum absolute atomic E-state index is 11.9. The molecular formula is C15H21NO2. The molecule has 0 heterocycles. The monoisotopic (exact) mass is 247 g/mol. The van der Waals surface area contributed by atoms with E-state index < -0.39 is 0 Å². The molecule has 0 amide bonds. The number of hydrogen-bond acceptors (Lipinski definition) is 3. The molecule has 3 heteroatoms. The van der Waals surface area contributed by atoms with Crippen LogP contribution in [0.5, 0.6) is 5.75 Å².